The average Bonchev–Trinajstić information content (AvgIpc) is 3.32. The Morgan fingerprint density at radius 3 is 2.52 bits per heavy atom. The smallest absolute Gasteiger partial charge is 0.248 e. The molecule has 2 aromatic carbocycles. The van der Waals surface area contributed by atoms with Crippen LogP contribution in [0.5, 0.6) is 0 Å². The number of aromatic nitrogens is 2. The lowest BCUT2D eigenvalue weighted by atomic mass is 9.92. The molecular weight excluding hydrogens is 372 g/mol. The van der Waals surface area contributed by atoms with Crippen LogP contribution in [0.4, 0.5) is 14.5 Å². The summed E-state index contributed by atoms with van der Waals surface area (Å²) in [6, 6.07) is 16.1. The van der Waals surface area contributed by atoms with Gasteiger partial charge in [-0.15, -0.1) is 0 Å². The van der Waals surface area contributed by atoms with Crippen molar-refractivity contribution < 1.29 is 13.6 Å². The summed E-state index contributed by atoms with van der Waals surface area (Å²) >= 11 is 0. The first-order chi connectivity index (χ1) is 14.0. The van der Waals surface area contributed by atoms with Crippen LogP contribution >= 0.6 is 0 Å². The molecule has 2 fully saturated rings. The van der Waals surface area contributed by atoms with E-state index in [9.17, 15) is 13.6 Å². The maximum atomic E-state index is 13.5. The molecule has 0 radical (unpaired) electrons. The summed E-state index contributed by atoms with van der Waals surface area (Å²) in [5.41, 5.74) is 2.94. The van der Waals surface area contributed by atoms with Gasteiger partial charge in [0.1, 0.15) is 0 Å². The van der Waals surface area contributed by atoms with Crippen molar-refractivity contribution in [3.05, 3.63) is 60.3 Å². The van der Waals surface area contributed by atoms with Gasteiger partial charge in [-0.2, -0.15) is 5.10 Å². The maximum absolute atomic E-state index is 13.5. The Kier molecular flexibility index (Phi) is 4.37. The molecule has 6 heteroatoms. The van der Waals surface area contributed by atoms with Crippen molar-refractivity contribution in [2.45, 2.75) is 56.5 Å². The Hall–Kier alpha value is -2.76. The normalized spacial score (nSPS) is 22.5. The van der Waals surface area contributed by atoms with Crippen molar-refractivity contribution in [3.63, 3.8) is 0 Å². The molecule has 1 saturated carbocycles. The van der Waals surface area contributed by atoms with Crippen molar-refractivity contribution >= 4 is 22.5 Å². The number of carbonyl (C=O) groups is 1. The molecule has 1 saturated heterocycles. The van der Waals surface area contributed by atoms with Gasteiger partial charge >= 0.3 is 0 Å². The molecule has 2 heterocycles. The highest BCUT2D eigenvalue weighted by Crippen LogP contribution is 2.41. The number of rotatable bonds is 3. The Bertz CT molecular complexity index is 1040. The highest BCUT2D eigenvalue weighted by molar-refractivity contribution is 5.98. The lowest BCUT2D eigenvalue weighted by Gasteiger charge is -2.29. The van der Waals surface area contributed by atoms with Gasteiger partial charge in [0, 0.05) is 30.3 Å². The molecule has 1 aliphatic heterocycles. The van der Waals surface area contributed by atoms with E-state index >= 15 is 0 Å². The van der Waals surface area contributed by atoms with Crippen LogP contribution in [0.1, 0.15) is 56.2 Å². The van der Waals surface area contributed by atoms with E-state index in [0.717, 1.165) is 28.6 Å². The Balaban J connectivity index is 1.45. The lowest BCUT2D eigenvalue weighted by Crippen LogP contribution is -2.27. The van der Waals surface area contributed by atoms with E-state index in [1.54, 1.807) is 6.20 Å². The van der Waals surface area contributed by atoms with E-state index in [-0.39, 0.29) is 30.8 Å². The topological polar surface area (TPSA) is 38.1 Å². The average molecular weight is 395 g/mol. The van der Waals surface area contributed by atoms with Crippen molar-refractivity contribution in [3.8, 4) is 0 Å². The van der Waals surface area contributed by atoms with E-state index in [1.165, 1.54) is 0 Å². The minimum Gasteiger partial charge on any atom is -0.305 e. The summed E-state index contributed by atoms with van der Waals surface area (Å²) < 4.78 is 28.9. The van der Waals surface area contributed by atoms with Crippen molar-refractivity contribution in [1.82, 2.24) is 9.78 Å². The Morgan fingerprint density at radius 1 is 1.00 bits per heavy atom. The molecular formula is C23H23F2N3O. The van der Waals surface area contributed by atoms with E-state index in [2.05, 4.69) is 17.2 Å². The maximum Gasteiger partial charge on any atom is 0.248 e. The molecule has 1 atom stereocenters. The fourth-order valence-corrected chi connectivity index (χ4v) is 4.75. The molecule has 1 aromatic heterocycles. The van der Waals surface area contributed by atoms with Gasteiger partial charge in [0.2, 0.25) is 11.8 Å². The number of carbonyl (C=O) groups excluding carboxylic acids is 1. The van der Waals surface area contributed by atoms with Crippen LogP contribution in [0.3, 0.4) is 0 Å². The number of anilines is 1. The number of benzene rings is 2. The molecule has 150 valence electrons. The van der Waals surface area contributed by atoms with Gasteiger partial charge < -0.3 is 4.90 Å². The van der Waals surface area contributed by atoms with E-state index < -0.39 is 5.92 Å². The first-order valence-corrected chi connectivity index (χ1v) is 10.2. The number of hydrogen-bond donors (Lipinski definition) is 0. The van der Waals surface area contributed by atoms with Crippen LogP contribution in [0, 0.1) is 0 Å². The monoisotopic (exact) mass is 395 g/mol. The molecule has 4 nitrogen and oxygen atoms in total. The van der Waals surface area contributed by atoms with E-state index in [4.69, 9.17) is 0 Å². The van der Waals surface area contributed by atoms with Crippen LogP contribution in [-0.2, 0) is 4.79 Å². The number of hydrogen-bond acceptors (Lipinski definition) is 2. The summed E-state index contributed by atoms with van der Waals surface area (Å²) in [4.78, 5) is 14.5. The van der Waals surface area contributed by atoms with Crippen LogP contribution in [-0.4, -0.2) is 21.6 Å². The van der Waals surface area contributed by atoms with Gasteiger partial charge in [-0.05, 0) is 43.0 Å². The van der Waals surface area contributed by atoms with Crippen molar-refractivity contribution in [2.75, 3.05) is 4.90 Å². The van der Waals surface area contributed by atoms with Crippen LogP contribution in [0.25, 0.3) is 10.9 Å². The molecule has 0 N–H and O–H groups in total. The van der Waals surface area contributed by atoms with Gasteiger partial charge in [0.25, 0.3) is 0 Å². The molecule has 3 aromatic rings. The molecule has 0 unspecified atom stereocenters. The zero-order valence-corrected chi connectivity index (χ0v) is 16.1. The van der Waals surface area contributed by atoms with Gasteiger partial charge in [-0.3, -0.25) is 9.48 Å². The minimum atomic E-state index is -2.55. The molecule has 0 bridgehead atoms. The second-order valence-electron chi connectivity index (χ2n) is 8.15. The van der Waals surface area contributed by atoms with Gasteiger partial charge in [0.05, 0.1) is 23.8 Å². The first kappa shape index (κ1) is 18.3. The second-order valence-corrected chi connectivity index (χ2v) is 8.15. The van der Waals surface area contributed by atoms with Gasteiger partial charge in [-0.1, -0.05) is 30.3 Å². The number of alkyl halides is 2. The first-order valence-electron chi connectivity index (χ1n) is 10.2. The minimum absolute atomic E-state index is 0.00320. The van der Waals surface area contributed by atoms with Crippen LogP contribution < -0.4 is 4.90 Å². The van der Waals surface area contributed by atoms with Crippen LogP contribution in [0.2, 0.25) is 0 Å². The van der Waals surface area contributed by atoms with Crippen molar-refractivity contribution in [1.29, 1.82) is 0 Å². The highest BCUT2D eigenvalue weighted by atomic mass is 19.3. The standard InChI is InChI=1S/C23H23F2N3O/c24-23(25)12-10-18(11-13-23)28-21-7-6-19(14-17(21)15-26-28)27-20(8-9-22(27)29)16-4-2-1-3-5-16/h1-7,14-15,18,20H,8-13H2/t20-/m0/s1. The van der Waals surface area contributed by atoms with E-state index in [0.29, 0.717) is 19.3 Å². The molecule has 1 amide bonds. The Morgan fingerprint density at radius 2 is 1.76 bits per heavy atom. The fourth-order valence-electron chi connectivity index (χ4n) is 4.75. The van der Waals surface area contributed by atoms with Gasteiger partial charge in [-0.25, -0.2) is 8.78 Å². The number of fused-ring (bicyclic) bond motifs is 1. The summed E-state index contributed by atoms with van der Waals surface area (Å²) in [7, 11) is 0. The fraction of sp³-hybridized carbons (Fsp3) is 0.391. The summed E-state index contributed by atoms with van der Waals surface area (Å²) in [6.45, 7) is 0. The quantitative estimate of drug-likeness (QED) is 0.574. The second kappa shape index (κ2) is 6.94. The SMILES string of the molecule is O=C1CC[C@@H](c2ccccc2)N1c1ccc2c(cnn2C2CCC(F)(F)CC2)c1. The van der Waals surface area contributed by atoms with Gasteiger partial charge in [0.15, 0.2) is 0 Å². The van der Waals surface area contributed by atoms with E-state index in [1.807, 2.05) is 46.0 Å². The number of amides is 1. The third-order valence-electron chi connectivity index (χ3n) is 6.29. The molecule has 29 heavy (non-hydrogen) atoms. The summed E-state index contributed by atoms with van der Waals surface area (Å²) in [6.07, 6.45) is 3.82. The third kappa shape index (κ3) is 3.30. The summed E-state index contributed by atoms with van der Waals surface area (Å²) in [5.74, 6) is -2.42. The predicted molar refractivity (Wildman–Crippen MR) is 108 cm³/mol. The summed E-state index contributed by atoms with van der Waals surface area (Å²) in [5, 5.41) is 5.44. The molecule has 1 aliphatic carbocycles. The largest absolute Gasteiger partial charge is 0.305 e. The molecule has 0 spiro atoms. The molecule has 2 aliphatic rings. The predicted octanol–water partition coefficient (Wildman–Crippen LogP) is 5.65. The molecule has 5 rings (SSSR count). The Labute approximate surface area is 168 Å². The number of halogens is 2. The highest BCUT2D eigenvalue weighted by Gasteiger charge is 2.36. The number of nitrogens with zero attached hydrogens (tertiary/aromatic N) is 3. The van der Waals surface area contributed by atoms with Crippen molar-refractivity contribution in [2.24, 2.45) is 0 Å². The van der Waals surface area contributed by atoms with Crippen LogP contribution in [0.15, 0.2) is 54.7 Å². The lowest BCUT2D eigenvalue weighted by molar-refractivity contribution is -0.117. The zero-order valence-electron chi connectivity index (χ0n) is 16.1. The zero-order chi connectivity index (χ0) is 20.0. The third-order valence-corrected chi connectivity index (χ3v) is 6.29.